The zero-order valence-electron chi connectivity index (χ0n) is 12.7. The molecule has 2 rings (SSSR count). The van der Waals surface area contributed by atoms with Crippen LogP contribution in [0.3, 0.4) is 0 Å². The molecule has 2 N–H and O–H groups in total. The summed E-state index contributed by atoms with van der Waals surface area (Å²) in [6.07, 6.45) is 3.95. The zero-order chi connectivity index (χ0) is 15.9. The van der Waals surface area contributed by atoms with Crippen molar-refractivity contribution < 1.29 is 9.59 Å². The summed E-state index contributed by atoms with van der Waals surface area (Å²) in [4.78, 5) is 28.4. The van der Waals surface area contributed by atoms with E-state index in [0.717, 1.165) is 6.42 Å². The van der Waals surface area contributed by atoms with Crippen LogP contribution in [0.5, 0.6) is 0 Å². The first kappa shape index (κ1) is 15.7. The normalized spacial score (nSPS) is 11.5. The monoisotopic (exact) mass is 297 g/mol. The standard InChI is InChI=1S/C17H19N3O2/c1-3-12(2)19-17(22)14-6-4-5-7-15(14)20-16(21)13-8-10-18-11-9-13/h4-12H,3H2,1-2H3,(H,19,22)(H,20,21). The molecule has 0 spiro atoms. The number of para-hydroxylation sites is 1. The highest BCUT2D eigenvalue weighted by molar-refractivity contribution is 6.08. The highest BCUT2D eigenvalue weighted by atomic mass is 16.2. The Bertz CT molecular complexity index is 656. The summed E-state index contributed by atoms with van der Waals surface area (Å²) in [5.41, 5.74) is 1.43. The van der Waals surface area contributed by atoms with Crippen LogP contribution in [0.15, 0.2) is 48.8 Å². The molecule has 5 heteroatoms. The summed E-state index contributed by atoms with van der Waals surface area (Å²) >= 11 is 0. The first-order valence-electron chi connectivity index (χ1n) is 7.23. The predicted molar refractivity (Wildman–Crippen MR) is 85.9 cm³/mol. The van der Waals surface area contributed by atoms with Crippen molar-refractivity contribution in [1.29, 1.82) is 0 Å². The number of carbonyl (C=O) groups excluding carboxylic acids is 2. The highest BCUT2D eigenvalue weighted by Gasteiger charge is 2.15. The fraction of sp³-hybridized carbons (Fsp3) is 0.235. The maximum absolute atomic E-state index is 12.3. The van der Waals surface area contributed by atoms with Gasteiger partial charge in [-0.05, 0) is 37.6 Å². The van der Waals surface area contributed by atoms with Gasteiger partial charge in [-0.2, -0.15) is 0 Å². The summed E-state index contributed by atoms with van der Waals surface area (Å²) in [5.74, 6) is -0.467. The molecule has 1 heterocycles. The van der Waals surface area contributed by atoms with Crippen molar-refractivity contribution in [3.8, 4) is 0 Å². The second kappa shape index (κ2) is 7.36. The molecule has 114 valence electrons. The van der Waals surface area contributed by atoms with E-state index in [4.69, 9.17) is 0 Å². The molecular formula is C17H19N3O2. The van der Waals surface area contributed by atoms with Gasteiger partial charge in [0.15, 0.2) is 0 Å². The number of hydrogen-bond donors (Lipinski definition) is 2. The Kier molecular flexibility index (Phi) is 5.25. The van der Waals surface area contributed by atoms with Gasteiger partial charge in [0.2, 0.25) is 0 Å². The van der Waals surface area contributed by atoms with Crippen LogP contribution in [-0.4, -0.2) is 22.8 Å². The lowest BCUT2D eigenvalue weighted by Crippen LogP contribution is -2.32. The van der Waals surface area contributed by atoms with Gasteiger partial charge < -0.3 is 10.6 Å². The SMILES string of the molecule is CCC(C)NC(=O)c1ccccc1NC(=O)c1ccncc1. The number of nitrogens with one attached hydrogen (secondary N) is 2. The van der Waals surface area contributed by atoms with Crippen LogP contribution in [0.25, 0.3) is 0 Å². The molecule has 0 aliphatic heterocycles. The van der Waals surface area contributed by atoms with Crippen LogP contribution in [0.4, 0.5) is 5.69 Å². The van der Waals surface area contributed by atoms with Crippen LogP contribution in [-0.2, 0) is 0 Å². The van der Waals surface area contributed by atoms with Crippen LogP contribution in [0, 0.1) is 0 Å². The summed E-state index contributed by atoms with van der Waals surface area (Å²) in [6.45, 7) is 3.94. The minimum absolute atomic E-state index is 0.0801. The topological polar surface area (TPSA) is 71.1 Å². The van der Waals surface area contributed by atoms with Gasteiger partial charge in [-0.3, -0.25) is 14.6 Å². The summed E-state index contributed by atoms with van der Waals surface area (Å²) in [7, 11) is 0. The molecule has 1 unspecified atom stereocenters. The van der Waals surface area contributed by atoms with Gasteiger partial charge in [-0.25, -0.2) is 0 Å². The van der Waals surface area contributed by atoms with Crippen molar-refractivity contribution in [2.75, 3.05) is 5.32 Å². The second-order valence-corrected chi connectivity index (χ2v) is 5.02. The van der Waals surface area contributed by atoms with Crippen molar-refractivity contribution in [2.45, 2.75) is 26.3 Å². The van der Waals surface area contributed by atoms with Crippen molar-refractivity contribution in [3.63, 3.8) is 0 Å². The highest BCUT2D eigenvalue weighted by Crippen LogP contribution is 2.16. The number of anilines is 1. The molecule has 22 heavy (non-hydrogen) atoms. The van der Waals surface area contributed by atoms with Gasteiger partial charge in [-0.15, -0.1) is 0 Å². The first-order valence-corrected chi connectivity index (χ1v) is 7.23. The molecule has 5 nitrogen and oxygen atoms in total. The smallest absolute Gasteiger partial charge is 0.255 e. The van der Waals surface area contributed by atoms with Gasteiger partial charge in [0, 0.05) is 24.0 Å². The summed E-state index contributed by atoms with van der Waals surface area (Å²) in [6, 6.07) is 10.3. The van der Waals surface area contributed by atoms with Crippen molar-refractivity contribution in [3.05, 3.63) is 59.9 Å². The third kappa shape index (κ3) is 3.91. The third-order valence-corrected chi connectivity index (χ3v) is 3.35. The predicted octanol–water partition coefficient (Wildman–Crippen LogP) is 2.86. The van der Waals surface area contributed by atoms with E-state index in [-0.39, 0.29) is 17.9 Å². The van der Waals surface area contributed by atoms with E-state index in [1.807, 2.05) is 13.8 Å². The lowest BCUT2D eigenvalue weighted by Gasteiger charge is -2.14. The van der Waals surface area contributed by atoms with Crippen LogP contribution >= 0.6 is 0 Å². The third-order valence-electron chi connectivity index (χ3n) is 3.35. The van der Waals surface area contributed by atoms with E-state index >= 15 is 0 Å². The van der Waals surface area contributed by atoms with Crippen molar-refractivity contribution in [2.24, 2.45) is 0 Å². The molecule has 1 aromatic heterocycles. The largest absolute Gasteiger partial charge is 0.350 e. The van der Waals surface area contributed by atoms with E-state index in [1.54, 1.807) is 48.8 Å². The number of nitrogens with zero attached hydrogens (tertiary/aromatic N) is 1. The van der Waals surface area contributed by atoms with Gasteiger partial charge in [-0.1, -0.05) is 19.1 Å². The van der Waals surface area contributed by atoms with Crippen LogP contribution in [0.1, 0.15) is 41.0 Å². The lowest BCUT2D eigenvalue weighted by atomic mass is 10.1. The maximum Gasteiger partial charge on any atom is 0.255 e. The van der Waals surface area contributed by atoms with E-state index in [0.29, 0.717) is 16.8 Å². The molecular weight excluding hydrogens is 278 g/mol. The molecule has 0 saturated carbocycles. The Balaban J connectivity index is 2.18. The maximum atomic E-state index is 12.3. The number of amides is 2. The van der Waals surface area contributed by atoms with Gasteiger partial charge >= 0.3 is 0 Å². The zero-order valence-corrected chi connectivity index (χ0v) is 12.7. The van der Waals surface area contributed by atoms with E-state index in [9.17, 15) is 9.59 Å². The minimum Gasteiger partial charge on any atom is -0.350 e. The Morgan fingerprint density at radius 2 is 1.77 bits per heavy atom. The number of carbonyl (C=O) groups is 2. The Hall–Kier alpha value is -2.69. The fourth-order valence-electron chi connectivity index (χ4n) is 1.89. The fourth-order valence-corrected chi connectivity index (χ4v) is 1.89. The number of pyridine rings is 1. The number of aromatic nitrogens is 1. The van der Waals surface area contributed by atoms with Gasteiger partial charge in [0.1, 0.15) is 0 Å². The average Bonchev–Trinajstić information content (AvgIpc) is 2.55. The molecule has 0 aliphatic rings. The number of rotatable bonds is 5. The molecule has 1 aromatic carbocycles. The van der Waals surface area contributed by atoms with E-state index in [1.165, 1.54) is 0 Å². The molecule has 0 fully saturated rings. The summed E-state index contributed by atoms with van der Waals surface area (Å²) < 4.78 is 0. The van der Waals surface area contributed by atoms with Crippen molar-refractivity contribution in [1.82, 2.24) is 10.3 Å². The Labute approximate surface area is 129 Å². The quantitative estimate of drug-likeness (QED) is 0.891. The second-order valence-electron chi connectivity index (χ2n) is 5.02. The first-order chi connectivity index (χ1) is 10.6. The molecule has 1 atom stereocenters. The van der Waals surface area contributed by atoms with E-state index < -0.39 is 0 Å². The van der Waals surface area contributed by atoms with Crippen LogP contribution in [0.2, 0.25) is 0 Å². The molecule has 0 aliphatic carbocycles. The van der Waals surface area contributed by atoms with Crippen molar-refractivity contribution >= 4 is 17.5 Å². The number of benzene rings is 1. The van der Waals surface area contributed by atoms with Gasteiger partial charge in [0.25, 0.3) is 11.8 Å². The molecule has 0 radical (unpaired) electrons. The van der Waals surface area contributed by atoms with Crippen LogP contribution < -0.4 is 10.6 Å². The lowest BCUT2D eigenvalue weighted by molar-refractivity contribution is 0.0940. The Morgan fingerprint density at radius 1 is 1.09 bits per heavy atom. The molecule has 0 bridgehead atoms. The molecule has 2 amide bonds. The molecule has 2 aromatic rings. The average molecular weight is 297 g/mol. The molecule has 0 saturated heterocycles. The summed E-state index contributed by atoms with van der Waals surface area (Å²) in [5, 5.41) is 5.67. The minimum atomic E-state index is -0.272. The van der Waals surface area contributed by atoms with Gasteiger partial charge in [0.05, 0.1) is 11.3 Å². The van der Waals surface area contributed by atoms with E-state index in [2.05, 4.69) is 15.6 Å². The Morgan fingerprint density at radius 3 is 2.45 bits per heavy atom. The number of hydrogen-bond acceptors (Lipinski definition) is 3.